The average molecular weight is 779 g/mol. The number of aromatic nitrogens is 3. The third-order valence-corrected chi connectivity index (χ3v) is 14.2. The van der Waals surface area contributed by atoms with Crippen LogP contribution in [0.15, 0.2) is 48.5 Å². The largest absolute Gasteiger partial charge is 0.481 e. The van der Waals surface area contributed by atoms with Crippen molar-refractivity contribution in [3.05, 3.63) is 81.9 Å². The number of nitrogens with zero attached hydrogens (tertiary/aromatic N) is 6. The fourth-order valence-electron chi connectivity index (χ4n) is 10.7. The van der Waals surface area contributed by atoms with Gasteiger partial charge < -0.3 is 24.4 Å². The Hall–Kier alpha value is -4.29. The molecule has 12 heteroatoms. The number of rotatable bonds is 11. The summed E-state index contributed by atoms with van der Waals surface area (Å²) >= 11 is 7.22. The maximum absolute atomic E-state index is 14.3. The maximum Gasteiger partial charge on any atom is 0.309 e. The highest BCUT2D eigenvalue weighted by Gasteiger charge is 2.57. The van der Waals surface area contributed by atoms with Crippen LogP contribution in [0.4, 0.5) is 5.69 Å². The zero-order valence-corrected chi connectivity index (χ0v) is 33.2. The van der Waals surface area contributed by atoms with Gasteiger partial charge in [-0.05, 0) is 93.0 Å². The topological polar surface area (TPSA) is 124 Å². The molecule has 11 nitrogen and oxygen atoms in total. The molecule has 3 aliphatic heterocycles. The number of aliphatic hydroxyl groups is 1. The number of pyridine rings is 1. The summed E-state index contributed by atoms with van der Waals surface area (Å²) < 4.78 is 7.72. The highest BCUT2D eigenvalue weighted by molar-refractivity contribution is 6.36. The van der Waals surface area contributed by atoms with Crippen LogP contribution in [0.1, 0.15) is 84.5 Å². The van der Waals surface area contributed by atoms with Gasteiger partial charge in [-0.25, -0.2) is 9.97 Å². The number of aliphatic carboxylic acids is 1. The van der Waals surface area contributed by atoms with Crippen molar-refractivity contribution < 1.29 is 24.5 Å². The van der Waals surface area contributed by atoms with Gasteiger partial charge in [0.25, 0.3) is 5.91 Å². The number of methoxy groups -OCH3 is 1. The highest BCUT2D eigenvalue weighted by Crippen LogP contribution is 2.63. The highest BCUT2D eigenvalue weighted by atomic mass is 35.5. The van der Waals surface area contributed by atoms with Crippen molar-refractivity contribution in [1.29, 1.82) is 0 Å². The number of carboxylic acid groups (broad SMARTS) is 1. The first kappa shape index (κ1) is 37.3. The molecule has 2 aromatic carbocycles. The van der Waals surface area contributed by atoms with E-state index in [0.29, 0.717) is 42.8 Å². The smallest absolute Gasteiger partial charge is 0.309 e. The first-order valence-electron chi connectivity index (χ1n) is 20.2. The van der Waals surface area contributed by atoms with Crippen LogP contribution in [0.3, 0.4) is 0 Å². The number of anilines is 1. The van der Waals surface area contributed by atoms with E-state index in [2.05, 4.69) is 15.9 Å². The SMILES string of the molecule is COc1nc(-c2cccc(-c3cccc4c3CCN4C(=O)c3nc4c(n3C)CCN(CCCC35CCC(C(=O)O)(CC3)C5)C4)c2Cl)ccc1CN1CC[C@@H](O)C1. The molecule has 56 heavy (non-hydrogen) atoms. The Kier molecular flexibility index (Phi) is 9.71. The summed E-state index contributed by atoms with van der Waals surface area (Å²) in [6.07, 6.45) is 8.80. The summed E-state index contributed by atoms with van der Waals surface area (Å²) in [7, 11) is 3.59. The average Bonchev–Trinajstić information content (AvgIpc) is 4.04. The normalized spacial score (nSPS) is 24.5. The summed E-state index contributed by atoms with van der Waals surface area (Å²) in [6, 6.07) is 16.1. The number of hydrogen-bond donors (Lipinski definition) is 2. The Balaban J connectivity index is 0.897. The molecule has 2 aliphatic carbocycles. The molecule has 5 aliphatic rings. The van der Waals surface area contributed by atoms with Crippen LogP contribution in [-0.4, -0.2) is 92.4 Å². The number of ether oxygens (including phenoxy) is 1. The molecule has 2 saturated carbocycles. The molecule has 1 amide bonds. The lowest BCUT2D eigenvalue weighted by molar-refractivity contribution is -0.148. The monoisotopic (exact) mass is 778 g/mol. The second-order valence-electron chi connectivity index (χ2n) is 17.0. The molecule has 2 aromatic heterocycles. The minimum atomic E-state index is -0.595. The van der Waals surface area contributed by atoms with Crippen molar-refractivity contribution in [3.8, 4) is 28.3 Å². The first-order valence-corrected chi connectivity index (χ1v) is 20.6. The fraction of sp³-hybridized carbons (Fsp3) is 0.500. The van der Waals surface area contributed by atoms with Gasteiger partial charge in [-0.15, -0.1) is 0 Å². The standard InChI is InChI=1S/C44H51ClN6O5/c1-48-37-14-22-49(20-5-15-43-16-18-44(27-43,19-17-43)42(54)55)26-35(37)46-39(48)41(53)51-23-13-31-30(6-4-9-36(31)51)32-7-3-8-33(38(32)45)34-11-10-28(40(47-34)56-2)24-50-21-12-29(52)25-50/h3-4,6-11,29,52H,5,12-27H2,1-2H3,(H,54,55)/t29-,43?,44?/m1/s1. The van der Waals surface area contributed by atoms with Crippen molar-refractivity contribution in [2.24, 2.45) is 17.9 Å². The molecule has 294 valence electrons. The zero-order chi connectivity index (χ0) is 38.8. The number of aliphatic hydroxyl groups excluding tert-OH is 1. The van der Waals surface area contributed by atoms with Crippen LogP contribution in [0.2, 0.25) is 5.02 Å². The van der Waals surface area contributed by atoms with Crippen molar-refractivity contribution in [1.82, 2.24) is 24.3 Å². The molecule has 2 bridgehead atoms. The summed E-state index contributed by atoms with van der Waals surface area (Å²) in [5.41, 5.74) is 8.21. The summed E-state index contributed by atoms with van der Waals surface area (Å²) in [5, 5.41) is 20.4. The van der Waals surface area contributed by atoms with E-state index < -0.39 is 11.4 Å². The molecule has 5 heterocycles. The molecule has 1 saturated heterocycles. The summed E-state index contributed by atoms with van der Waals surface area (Å²) in [5.74, 6) is 0.335. The Bertz CT molecular complexity index is 2190. The van der Waals surface area contributed by atoms with E-state index in [4.69, 9.17) is 26.3 Å². The van der Waals surface area contributed by atoms with Gasteiger partial charge in [-0.2, -0.15) is 0 Å². The molecule has 1 atom stereocenters. The van der Waals surface area contributed by atoms with E-state index in [-0.39, 0.29) is 17.4 Å². The van der Waals surface area contributed by atoms with E-state index in [0.717, 1.165) is 135 Å². The third kappa shape index (κ3) is 6.50. The van der Waals surface area contributed by atoms with Crippen molar-refractivity contribution in [3.63, 3.8) is 0 Å². The van der Waals surface area contributed by atoms with Crippen molar-refractivity contribution in [2.75, 3.05) is 44.7 Å². The number of carboxylic acids is 1. The van der Waals surface area contributed by atoms with Crippen molar-refractivity contribution in [2.45, 2.75) is 83.4 Å². The Morgan fingerprint density at radius 1 is 0.946 bits per heavy atom. The molecular formula is C44H51ClN6O5. The Morgan fingerprint density at radius 3 is 2.48 bits per heavy atom. The number of β-amino-alcohol motifs (C(OH)–C–C–N with tert-alkyl or cyclic N) is 1. The number of fused-ring (bicyclic) bond motifs is 4. The van der Waals surface area contributed by atoms with Gasteiger partial charge >= 0.3 is 5.97 Å². The molecular weight excluding hydrogens is 728 g/mol. The van der Waals surface area contributed by atoms with Gasteiger partial charge in [0.2, 0.25) is 5.88 Å². The summed E-state index contributed by atoms with van der Waals surface area (Å²) in [4.78, 5) is 42.6. The molecule has 9 rings (SSSR count). The number of carbonyl (C=O) groups is 2. The lowest BCUT2D eigenvalue weighted by atomic mass is 9.79. The number of carbonyl (C=O) groups excluding carboxylic acids is 1. The van der Waals surface area contributed by atoms with Gasteiger partial charge in [0.05, 0.1) is 35.0 Å². The van der Waals surface area contributed by atoms with Gasteiger partial charge in [0, 0.05) is 80.8 Å². The summed E-state index contributed by atoms with van der Waals surface area (Å²) in [6.45, 7) is 5.33. The number of hydrogen-bond acceptors (Lipinski definition) is 8. The second-order valence-corrected chi connectivity index (χ2v) is 17.4. The molecule has 0 unspecified atom stereocenters. The minimum Gasteiger partial charge on any atom is -0.481 e. The van der Waals surface area contributed by atoms with E-state index in [1.807, 2.05) is 59.0 Å². The van der Waals surface area contributed by atoms with Crippen LogP contribution in [0.5, 0.6) is 5.88 Å². The Labute approximate surface area is 333 Å². The molecule has 4 aromatic rings. The number of amides is 1. The van der Waals surface area contributed by atoms with E-state index >= 15 is 0 Å². The predicted molar refractivity (Wildman–Crippen MR) is 215 cm³/mol. The lowest BCUT2D eigenvalue weighted by Crippen LogP contribution is -2.32. The fourth-order valence-corrected chi connectivity index (χ4v) is 11.0. The Morgan fingerprint density at radius 2 is 1.73 bits per heavy atom. The molecule has 0 spiro atoms. The predicted octanol–water partition coefficient (Wildman–Crippen LogP) is 6.75. The maximum atomic E-state index is 14.3. The van der Waals surface area contributed by atoms with Crippen LogP contribution < -0.4 is 9.64 Å². The van der Waals surface area contributed by atoms with Crippen LogP contribution >= 0.6 is 11.6 Å². The van der Waals surface area contributed by atoms with Crippen molar-refractivity contribution >= 4 is 29.2 Å². The third-order valence-electron chi connectivity index (χ3n) is 13.8. The van der Waals surface area contributed by atoms with Gasteiger partial charge in [0.15, 0.2) is 5.82 Å². The molecule has 3 fully saturated rings. The van der Waals surface area contributed by atoms with E-state index in [1.165, 1.54) is 0 Å². The number of likely N-dealkylation sites (tertiary alicyclic amines) is 1. The van der Waals surface area contributed by atoms with E-state index in [1.54, 1.807) is 7.11 Å². The van der Waals surface area contributed by atoms with E-state index in [9.17, 15) is 19.8 Å². The molecule has 2 N–H and O–H groups in total. The zero-order valence-electron chi connectivity index (χ0n) is 32.4. The first-order chi connectivity index (χ1) is 27.1. The second kappa shape index (κ2) is 14.6. The van der Waals surface area contributed by atoms with Crippen LogP contribution in [0.25, 0.3) is 22.4 Å². The number of benzene rings is 2. The van der Waals surface area contributed by atoms with Gasteiger partial charge in [-0.3, -0.25) is 19.4 Å². The van der Waals surface area contributed by atoms with Crippen LogP contribution in [-0.2, 0) is 37.8 Å². The minimum absolute atomic E-state index is 0.0903. The lowest BCUT2D eigenvalue weighted by Gasteiger charge is -2.30. The van der Waals surface area contributed by atoms with Gasteiger partial charge in [0.1, 0.15) is 0 Å². The number of imidazole rings is 1. The number of halogens is 1. The quantitative estimate of drug-likeness (QED) is 0.170. The van der Waals surface area contributed by atoms with Gasteiger partial charge in [-0.1, -0.05) is 48.0 Å². The van der Waals surface area contributed by atoms with Crippen LogP contribution in [0, 0.1) is 10.8 Å². The molecule has 0 radical (unpaired) electrons.